The van der Waals surface area contributed by atoms with Crippen LogP contribution >= 0.6 is 11.3 Å². The molecule has 0 aliphatic rings. The second-order valence-corrected chi connectivity index (χ2v) is 5.42. The van der Waals surface area contributed by atoms with E-state index in [1.807, 2.05) is 0 Å². The number of anilines is 1. The lowest BCUT2D eigenvalue weighted by Gasteiger charge is -2.09. The lowest BCUT2D eigenvalue weighted by molar-refractivity contribution is 0.339. The van der Waals surface area contributed by atoms with Crippen LogP contribution in [-0.2, 0) is 0 Å². The van der Waals surface area contributed by atoms with Crippen molar-refractivity contribution in [2.24, 2.45) is 5.84 Å². The standard InChI is InChI=1S/C14H13FN4O2S/c1-2-21-9-5-7(15)3-4-8(9)12-11(20)10-13(22-12)14(19-16)18-6-17-10/h3-6,20H,2,16H2,1H3,(H,17,18,19). The van der Waals surface area contributed by atoms with Crippen LogP contribution in [0.1, 0.15) is 6.92 Å². The number of nitrogens with zero attached hydrogens (tertiary/aromatic N) is 2. The highest BCUT2D eigenvalue weighted by atomic mass is 32.1. The molecule has 22 heavy (non-hydrogen) atoms. The Balaban J connectivity index is 2.25. The van der Waals surface area contributed by atoms with Gasteiger partial charge in [-0.3, -0.25) is 0 Å². The average Bonchev–Trinajstić information content (AvgIpc) is 2.85. The topological polar surface area (TPSA) is 93.3 Å². The fraction of sp³-hybridized carbons (Fsp3) is 0.143. The van der Waals surface area contributed by atoms with Gasteiger partial charge in [0.25, 0.3) is 0 Å². The Morgan fingerprint density at radius 3 is 2.95 bits per heavy atom. The number of nitrogens with two attached hydrogens (primary N) is 1. The van der Waals surface area contributed by atoms with Crippen LogP contribution in [-0.4, -0.2) is 21.7 Å². The highest BCUT2D eigenvalue weighted by molar-refractivity contribution is 7.23. The average molecular weight is 320 g/mol. The van der Waals surface area contributed by atoms with Crippen molar-refractivity contribution in [2.45, 2.75) is 6.92 Å². The van der Waals surface area contributed by atoms with Crippen molar-refractivity contribution in [3.8, 4) is 21.9 Å². The number of halogens is 1. The summed E-state index contributed by atoms with van der Waals surface area (Å²) in [4.78, 5) is 8.60. The molecule has 6 nitrogen and oxygen atoms in total. The van der Waals surface area contributed by atoms with Crippen molar-refractivity contribution in [3.05, 3.63) is 30.3 Å². The van der Waals surface area contributed by atoms with Crippen molar-refractivity contribution in [1.82, 2.24) is 9.97 Å². The van der Waals surface area contributed by atoms with E-state index in [0.717, 1.165) is 0 Å². The Hall–Kier alpha value is -2.45. The minimum atomic E-state index is -0.406. The van der Waals surface area contributed by atoms with Gasteiger partial charge in [-0.2, -0.15) is 0 Å². The molecule has 3 rings (SSSR count). The molecule has 0 saturated heterocycles. The number of hydrazine groups is 1. The van der Waals surface area contributed by atoms with Crippen molar-refractivity contribution in [1.29, 1.82) is 0 Å². The molecule has 3 aromatic rings. The lowest BCUT2D eigenvalue weighted by atomic mass is 10.1. The number of hydrogen-bond donors (Lipinski definition) is 3. The summed E-state index contributed by atoms with van der Waals surface area (Å²) in [6, 6.07) is 4.17. The molecule has 0 bridgehead atoms. The van der Waals surface area contributed by atoms with E-state index in [9.17, 15) is 9.50 Å². The molecular formula is C14H13FN4O2S. The third-order valence-corrected chi connectivity index (χ3v) is 4.28. The van der Waals surface area contributed by atoms with Gasteiger partial charge < -0.3 is 15.3 Å². The number of aromatic nitrogens is 2. The maximum absolute atomic E-state index is 13.4. The first kappa shape index (κ1) is 14.5. The Labute approximate surface area is 129 Å². The zero-order chi connectivity index (χ0) is 15.7. The molecule has 0 aliphatic carbocycles. The summed E-state index contributed by atoms with van der Waals surface area (Å²) in [5, 5.41) is 10.4. The molecule has 0 saturated carbocycles. The molecule has 114 valence electrons. The summed E-state index contributed by atoms with van der Waals surface area (Å²) >= 11 is 1.25. The number of thiophene rings is 1. The molecule has 0 radical (unpaired) electrons. The highest BCUT2D eigenvalue weighted by Crippen LogP contribution is 2.47. The Morgan fingerprint density at radius 1 is 1.41 bits per heavy atom. The zero-order valence-electron chi connectivity index (χ0n) is 11.6. The van der Waals surface area contributed by atoms with Crippen LogP contribution in [0.5, 0.6) is 11.5 Å². The van der Waals surface area contributed by atoms with Gasteiger partial charge in [0.05, 0.1) is 11.5 Å². The minimum absolute atomic E-state index is 0.00791. The first-order valence-electron chi connectivity index (χ1n) is 6.51. The maximum Gasteiger partial charge on any atom is 0.161 e. The smallest absolute Gasteiger partial charge is 0.161 e. The number of aromatic hydroxyl groups is 1. The largest absolute Gasteiger partial charge is 0.504 e. The molecule has 2 heterocycles. The van der Waals surface area contributed by atoms with Crippen molar-refractivity contribution in [2.75, 3.05) is 12.0 Å². The van der Waals surface area contributed by atoms with E-state index >= 15 is 0 Å². The van der Waals surface area contributed by atoms with E-state index in [4.69, 9.17) is 10.6 Å². The number of benzene rings is 1. The first-order valence-corrected chi connectivity index (χ1v) is 7.33. The Kier molecular flexibility index (Phi) is 3.78. The first-order chi connectivity index (χ1) is 10.7. The number of hydrogen-bond acceptors (Lipinski definition) is 7. The number of ether oxygens (including phenoxy) is 1. The van der Waals surface area contributed by atoms with Crippen LogP contribution in [0, 0.1) is 5.82 Å². The quantitative estimate of drug-likeness (QED) is 0.505. The van der Waals surface area contributed by atoms with Gasteiger partial charge in [0.2, 0.25) is 0 Å². The van der Waals surface area contributed by atoms with Crippen LogP contribution in [0.15, 0.2) is 24.5 Å². The second kappa shape index (κ2) is 5.74. The number of fused-ring (bicyclic) bond motifs is 1. The molecule has 0 spiro atoms. The molecule has 4 N–H and O–H groups in total. The van der Waals surface area contributed by atoms with E-state index in [2.05, 4.69) is 15.4 Å². The Morgan fingerprint density at radius 2 is 2.23 bits per heavy atom. The van der Waals surface area contributed by atoms with E-state index in [1.165, 1.54) is 29.8 Å². The normalized spacial score (nSPS) is 10.9. The van der Waals surface area contributed by atoms with Crippen LogP contribution in [0.2, 0.25) is 0 Å². The molecule has 0 aliphatic heterocycles. The Bertz CT molecular complexity index is 837. The SMILES string of the molecule is CCOc1cc(F)ccc1-c1sc2c(NN)ncnc2c1O. The molecular weight excluding hydrogens is 307 g/mol. The van der Waals surface area contributed by atoms with E-state index in [0.29, 0.717) is 38.8 Å². The summed E-state index contributed by atoms with van der Waals surface area (Å²) < 4.78 is 19.5. The summed E-state index contributed by atoms with van der Waals surface area (Å²) in [5.41, 5.74) is 3.44. The van der Waals surface area contributed by atoms with E-state index in [1.54, 1.807) is 13.0 Å². The van der Waals surface area contributed by atoms with E-state index in [-0.39, 0.29) is 5.75 Å². The molecule has 1 aromatic carbocycles. The van der Waals surface area contributed by atoms with Gasteiger partial charge in [-0.15, -0.1) is 11.3 Å². The summed E-state index contributed by atoms with van der Waals surface area (Å²) in [6.07, 6.45) is 1.31. The van der Waals surface area contributed by atoms with Crippen molar-refractivity contribution < 1.29 is 14.2 Å². The van der Waals surface area contributed by atoms with Crippen molar-refractivity contribution in [3.63, 3.8) is 0 Å². The second-order valence-electron chi connectivity index (χ2n) is 4.40. The van der Waals surface area contributed by atoms with Gasteiger partial charge in [-0.25, -0.2) is 20.2 Å². The molecule has 0 fully saturated rings. The predicted octanol–water partition coefficient (Wildman–Crippen LogP) is 2.89. The van der Waals surface area contributed by atoms with Crippen molar-refractivity contribution >= 4 is 27.4 Å². The fourth-order valence-electron chi connectivity index (χ4n) is 2.14. The van der Waals surface area contributed by atoms with Gasteiger partial charge in [0, 0.05) is 11.6 Å². The van der Waals surface area contributed by atoms with Gasteiger partial charge in [0.15, 0.2) is 11.6 Å². The van der Waals surface area contributed by atoms with Crippen LogP contribution in [0.25, 0.3) is 20.7 Å². The van der Waals surface area contributed by atoms with Crippen LogP contribution < -0.4 is 16.0 Å². The predicted molar refractivity (Wildman–Crippen MR) is 83.5 cm³/mol. The lowest BCUT2D eigenvalue weighted by Crippen LogP contribution is -2.08. The molecule has 0 amide bonds. The number of rotatable bonds is 4. The number of nitrogen functional groups attached to an aromatic ring is 1. The van der Waals surface area contributed by atoms with Gasteiger partial charge in [-0.05, 0) is 19.1 Å². The minimum Gasteiger partial charge on any atom is -0.504 e. The van der Waals surface area contributed by atoms with Gasteiger partial charge in [0.1, 0.15) is 28.1 Å². The molecule has 0 atom stereocenters. The number of nitrogens with one attached hydrogen (secondary N) is 1. The van der Waals surface area contributed by atoms with E-state index < -0.39 is 5.82 Å². The maximum atomic E-state index is 13.4. The van der Waals surface area contributed by atoms with Gasteiger partial charge >= 0.3 is 0 Å². The monoisotopic (exact) mass is 320 g/mol. The summed E-state index contributed by atoms with van der Waals surface area (Å²) in [6.45, 7) is 2.19. The zero-order valence-corrected chi connectivity index (χ0v) is 12.4. The molecule has 2 aromatic heterocycles. The third kappa shape index (κ3) is 2.32. The third-order valence-electron chi connectivity index (χ3n) is 3.07. The summed E-state index contributed by atoms with van der Waals surface area (Å²) in [7, 11) is 0. The molecule has 0 unspecified atom stereocenters. The fourth-order valence-corrected chi connectivity index (χ4v) is 3.27. The van der Waals surface area contributed by atoms with Gasteiger partial charge in [-0.1, -0.05) is 0 Å². The summed E-state index contributed by atoms with van der Waals surface area (Å²) in [5.74, 6) is 5.78. The highest BCUT2D eigenvalue weighted by Gasteiger charge is 2.20. The van der Waals surface area contributed by atoms with Crippen LogP contribution in [0.4, 0.5) is 10.2 Å². The van der Waals surface area contributed by atoms with Crippen LogP contribution in [0.3, 0.4) is 0 Å². The molecule has 8 heteroatoms.